The van der Waals surface area contributed by atoms with Crippen LogP contribution in [0.25, 0.3) is 0 Å². The molecule has 5 nitrogen and oxygen atoms in total. The zero-order valence-electron chi connectivity index (χ0n) is 15.7. The van der Waals surface area contributed by atoms with Gasteiger partial charge in [-0.1, -0.05) is 29.8 Å². The molecule has 0 aromatic heterocycles. The number of benzene rings is 1. The molecule has 25 heavy (non-hydrogen) atoms. The Morgan fingerprint density at radius 1 is 1.12 bits per heavy atom. The van der Waals surface area contributed by atoms with E-state index in [0.717, 1.165) is 13.0 Å². The van der Waals surface area contributed by atoms with Gasteiger partial charge < -0.3 is 9.47 Å². The van der Waals surface area contributed by atoms with Gasteiger partial charge in [0.15, 0.2) is 5.41 Å². The molecule has 0 bridgehead atoms. The van der Waals surface area contributed by atoms with Crippen LogP contribution in [0.15, 0.2) is 24.3 Å². The Hall–Kier alpha value is -1.88. The number of ether oxygens (including phenoxy) is 2. The topological polar surface area (TPSA) is 55.8 Å². The molecule has 5 heteroatoms. The molecule has 1 aromatic carbocycles. The van der Waals surface area contributed by atoms with E-state index in [-0.39, 0.29) is 19.3 Å². The molecule has 1 fully saturated rings. The highest BCUT2D eigenvalue weighted by atomic mass is 16.6. The van der Waals surface area contributed by atoms with Crippen LogP contribution in [-0.4, -0.2) is 43.1 Å². The molecule has 0 aliphatic heterocycles. The Kier molecular flexibility index (Phi) is 6.59. The predicted octanol–water partition coefficient (Wildman–Crippen LogP) is 3.09. The predicted molar refractivity (Wildman–Crippen MR) is 96.0 cm³/mol. The molecule has 0 radical (unpaired) electrons. The van der Waals surface area contributed by atoms with Crippen molar-refractivity contribution in [2.45, 2.75) is 52.6 Å². The van der Waals surface area contributed by atoms with Gasteiger partial charge in [-0.15, -0.1) is 0 Å². The largest absolute Gasteiger partial charge is 0.465 e. The van der Waals surface area contributed by atoms with Crippen molar-refractivity contribution in [3.8, 4) is 0 Å². The fourth-order valence-corrected chi connectivity index (χ4v) is 3.50. The minimum absolute atomic E-state index is 0.148. The molecule has 0 saturated heterocycles. The van der Waals surface area contributed by atoms with Gasteiger partial charge >= 0.3 is 11.9 Å². The maximum Gasteiger partial charge on any atom is 0.323 e. The fraction of sp³-hybridized carbons (Fsp3) is 0.600. The van der Waals surface area contributed by atoms with Crippen molar-refractivity contribution in [2.75, 3.05) is 20.3 Å². The number of carbonyl (C=O) groups excluding carboxylic acids is 2. The van der Waals surface area contributed by atoms with Crippen LogP contribution in [0.4, 0.5) is 0 Å². The maximum atomic E-state index is 12.5. The van der Waals surface area contributed by atoms with Gasteiger partial charge in [0, 0.05) is 12.6 Å². The van der Waals surface area contributed by atoms with E-state index in [1.54, 1.807) is 13.8 Å². The number of hydrogen-bond acceptors (Lipinski definition) is 5. The summed E-state index contributed by atoms with van der Waals surface area (Å²) in [5.41, 5.74) is 1.30. The van der Waals surface area contributed by atoms with Gasteiger partial charge in [0.1, 0.15) is 0 Å². The third kappa shape index (κ3) is 4.40. The summed E-state index contributed by atoms with van der Waals surface area (Å²) < 4.78 is 10.4. The Balaban J connectivity index is 2.10. The molecule has 138 valence electrons. The minimum atomic E-state index is -1.15. The van der Waals surface area contributed by atoms with Gasteiger partial charge in [0.2, 0.25) is 0 Å². The van der Waals surface area contributed by atoms with Crippen molar-refractivity contribution < 1.29 is 19.1 Å². The maximum absolute atomic E-state index is 12.5. The number of hydrogen-bond donors (Lipinski definition) is 0. The Morgan fingerprint density at radius 3 is 2.20 bits per heavy atom. The van der Waals surface area contributed by atoms with Gasteiger partial charge in [-0.05, 0) is 52.6 Å². The standard InChI is InChI=1S/C20H29NO4/c1-5-24-18(22)20(19(23)25-6-2)12-11-17(13-20)21(4)14-16-9-7-15(3)8-10-16/h7-10,17H,5-6,11-14H2,1-4H3. The lowest BCUT2D eigenvalue weighted by Crippen LogP contribution is -2.42. The average Bonchev–Trinajstić information content (AvgIpc) is 3.04. The van der Waals surface area contributed by atoms with E-state index < -0.39 is 17.4 Å². The second-order valence-corrected chi connectivity index (χ2v) is 6.82. The molecule has 0 amide bonds. The van der Waals surface area contributed by atoms with Crippen LogP contribution in [-0.2, 0) is 25.6 Å². The van der Waals surface area contributed by atoms with Crippen LogP contribution in [0.5, 0.6) is 0 Å². The van der Waals surface area contributed by atoms with Crippen molar-refractivity contribution in [1.82, 2.24) is 4.90 Å². The summed E-state index contributed by atoms with van der Waals surface area (Å²) in [6, 6.07) is 8.57. The first kappa shape index (κ1) is 19.4. The third-order valence-electron chi connectivity index (χ3n) is 5.00. The monoisotopic (exact) mass is 347 g/mol. The van der Waals surface area contributed by atoms with Crippen molar-refractivity contribution in [2.24, 2.45) is 5.41 Å². The highest BCUT2D eigenvalue weighted by molar-refractivity contribution is 6.00. The first-order valence-electron chi connectivity index (χ1n) is 9.03. The van der Waals surface area contributed by atoms with Crippen LogP contribution in [0.1, 0.15) is 44.2 Å². The highest BCUT2D eigenvalue weighted by Gasteiger charge is 2.54. The molecule has 0 spiro atoms. The van der Waals surface area contributed by atoms with Crippen LogP contribution < -0.4 is 0 Å². The molecule has 2 rings (SSSR count). The van der Waals surface area contributed by atoms with Crippen molar-refractivity contribution in [3.63, 3.8) is 0 Å². The summed E-state index contributed by atoms with van der Waals surface area (Å²) in [7, 11) is 2.04. The van der Waals surface area contributed by atoms with E-state index in [2.05, 4.69) is 36.1 Å². The van der Waals surface area contributed by atoms with Crippen LogP contribution in [0.2, 0.25) is 0 Å². The van der Waals surface area contributed by atoms with Gasteiger partial charge in [-0.2, -0.15) is 0 Å². The summed E-state index contributed by atoms with van der Waals surface area (Å²) in [5.74, 6) is -0.889. The number of rotatable bonds is 7. The molecule has 0 heterocycles. The summed E-state index contributed by atoms with van der Waals surface area (Å²) >= 11 is 0. The van der Waals surface area contributed by atoms with E-state index in [9.17, 15) is 9.59 Å². The molecule has 1 unspecified atom stereocenters. The highest BCUT2D eigenvalue weighted by Crippen LogP contribution is 2.42. The van der Waals surface area contributed by atoms with Crippen LogP contribution in [0, 0.1) is 12.3 Å². The zero-order chi connectivity index (χ0) is 18.4. The SMILES string of the molecule is CCOC(=O)C1(C(=O)OCC)CCC(N(C)Cc2ccc(C)cc2)C1. The summed E-state index contributed by atoms with van der Waals surface area (Å²) in [5, 5.41) is 0. The fourth-order valence-electron chi connectivity index (χ4n) is 3.50. The molecule has 1 saturated carbocycles. The number of aryl methyl sites for hydroxylation is 1. The van der Waals surface area contributed by atoms with E-state index in [1.807, 2.05) is 7.05 Å². The van der Waals surface area contributed by atoms with Gasteiger partial charge in [-0.3, -0.25) is 14.5 Å². The van der Waals surface area contributed by atoms with E-state index >= 15 is 0 Å². The van der Waals surface area contributed by atoms with E-state index in [4.69, 9.17) is 9.47 Å². The van der Waals surface area contributed by atoms with Gasteiger partial charge in [0.05, 0.1) is 13.2 Å². The summed E-state index contributed by atoms with van der Waals surface area (Å²) in [6.07, 6.45) is 1.71. The smallest absolute Gasteiger partial charge is 0.323 e. The minimum Gasteiger partial charge on any atom is -0.465 e. The van der Waals surface area contributed by atoms with Crippen molar-refractivity contribution in [1.29, 1.82) is 0 Å². The summed E-state index contributed by atoms with van der Waals surface area (Å²) in [4.78, 5) is 27.2. The molecule has 1 aliphatic rings. The van der Waals surface area contributed by atoms with E-state index in [1.165, 1.54) is 11.1 Å². The van der Waals surface area contributed by atoms with Crippen LogP contribution >= 0.6 is 0 Å². The number of carbonyl (C=O) groups is 2. The van der Waals surface area contributed by atoms with Gasteiger partial charge in [-0.25, -0.2) is 0 Å². The first-order valence-corrected chi connectivity index (χ1v) is 9.03. The zero-order valence-corrected chi connectivity index (χ0v) is 15.7. The second kappa shape index (κ2) is 8.48. The molecular weight excluding hydrogens is 318 g/mol. The number of esters is 2. The molecule has 1 aliphatic carbocycles. The molecule has 1 aromatic rings. The van der Waals surface area contributed by atoms with Gasteiger partial charge in [0.25, 0.3) is 0 Å². The normalized spacial score (nSPS) is 19.0. The average molecular weight is 347 g/mol. The van der Waals surface area contributed by atoms with Crippen LogP contribution in [0.3, 0.4) is 0 Å². The lowest BCUT2D eigenvalue weighted by atomic mass is 9.86. The number of nitrogens with zero attached hydrogens (tertiary/aromatic N) is 1. The lowest BCUT2D eigenvalue weighted by Gasteiger charge is -2.28. The molecule has 1 atom stereocenters. The van der Waals surface area contributed by atoms with E-state index in [0.29, 0.717) is 12.8 Å². The van der Waals surface area contributed by atoms with Crippen molar-refractivity contribution in [3.05, 3.63) is 35.4 Å². The molecular formula is C20H29NO4. The Bertz CT molecular complexity index is 578. The van der Waals surface area contributed by atoms with Crippen molar-refractivity contribution >= 4 is 11.9 Å². The summed E-state index contributed by atoms with van der Waals surface area (Å²) in [6.45, 7) is 6.90. The quantitative estimate of drug-likeness (QED) is 0.560. The Labute approximate surface area is 150 Å². The first-order chi connectivity index (χ1) is 11.9. The third-order valence-corrected chi connectivity index (χ3v) is 5.00. The Morgan fingerprint density at radius 2 is 1.68 bits per heavy atom. The lowest BCUT2D eigenvalue weighted by molar-refractivity contribution is -0.171. The second-order valence-electron chi connectivity index (χ2n) is 6.82. The molecule has 0 N–H and O–H groups in total.